The van der Waals surface area contributed by atoms with Crippen LogP contribution in [0.25, 0.3) is 0 Å². The normalized spacial score (nSPS) is 10.0. The molecular formula is C15H18BrNO3S. The first-order valence-corrected chi connectivity index (χ1v) is 7.24. The highest BCUT2D eigenvalue weighted by Gasteiger charge is 2.18. The van der Waals surface area contributed by atoms with Gasteiger partial charge in [0.05, 0.1) is 12.0 Å². The maximum atomic E-state index is 12.2. The molecule has 0 unspecified atom stereocenters. The summed E-state index contributed by atoms with van der Waals surface area (Å²) in [6.07, 6.45) is 0.979. The standard InChI is InChI=1S/C15H17NO3S.BrH/c1-10-14(7-8-17)20-15(16-10)9-13(18)11-3-5-12(19-2)6-4-11;/h3-6,17H,7-9H2,1-2H3;1H. The Morgan fingerprint density at radius 1 is 1.33 bits per heavy atom. The van der Waals surface area contributed by atoms with Crippen LogP contribution in [-0.4, -0.2) is 24.6 Å². The lowest BCUT2D eigenvalue weighted by molar-refractivity contribution is -0.390. The van der Waals surface area contributed by atoms with Crippen molar-refractivity contribution in [3.8, 4) is 5.75 Å². The van der Waals surface area contributed by atoms with E-state index in [0.29, 0.717) is 18.4 Å². The number of nitrogens with one attached hydrogen (secondary N) is 1. The molecule has 2 N–H and O–H groups in total. The van der Waals surface area contributed by atoms with Crippen LogP contribution in [0.15, 0.2) is 24.3 Å². The van der Waals surface area contributed by atoms with E-state index < -0.39 is 0 Å². The number of rotatable bonds is 6. The first-order valence-electron chi connectivity index (χ1n) is 6.42. The molecule has 0 bridgehead atoms. The third-order valence-electron chi connectivity index (χ3n) is 3.06. The quantitative estimate of drug-likeness (QED) is 0.651. The minimum Gasteiger partial charge on any atom is -1.00 e. The van der Waals surface area contributed by atoms with Gasteiger partial charge in [-0.1, -0.05) is 11.3 Å². The Morgan fingerprint density at radius 3 is 2.57 bits per heavy atom. The Balaban J connectivity index is 0.00000220. The Bertz CT molecular complexity index is 595. The summed E-state index contributed by atoms with van der Waals surface area (Å²) < 4.78 is 5.07. The number of aromatic nitrogens is 1. The summed E-state index contributed by atoms with van der Waals surface area (Å²) in [7, 11) is 1.60. The summed E-state index contributed by atoms with van der Waals surface area (Å²) in [5.41, 5.74) is 1.70. The molecule has 21 heavy (non-hydrogen) atoms. The Morgan fingerprint density at radius 2 is 2.00 bits per heavy atom. The highest BCUT2D eigenvalue weighted by atomic mass is 79.9. The van der Waals surface area contributed by atoms with Crippen LogP contribution in [0.5, 0.6) is 5.75 Å². The Labute approximate surface area is 138 Å². The topological polar surface area (TPSA) is 60.7 Å². The molecule has 114 valence electrons. The highest BCUT2D eigenvalue weighted by molar-refractivity contribution is 7.11. The molecule has 0 fully saturated rings. The number of aromatic amines is 1. The second-order valence-electron chi connectivity index (χ2n) is 4.50. The first kappa shape index (κ1) is 17.8. The lowest BCUT2D eigenvalue weighted by Crippen LogP contribution is -3.00. The number of aryl methyl sites for hydroxylation is 1. The van der Waals surface area contributed by atoms with Crippen molar-refractivity contribution in [1.82, 2.24) is 0 Å². The van der Waals surface area contributed by atoms with Crippen LogP contribution in [0.3, 0.4) is 0 Å². The average Bonchev–Trinajstić information content (AvgIpc) is 2.79. The number of aliphatic hydroxyl groups excluding tert-OH is 1. The van der Waals surface area contributed by atoms with Gasteiger partial charge in [-0.05, 0) is 24.3 Å². The molecule has 0 spiro atoms. The van der Waals surface area contributed by atoms with Crippen LogP contribution in [0.4, 0.5) is 0 Å². The van der Waals surface area contributed by atoms with Crippen molar-refractivity contribution >= 4 is 17.1 Å². The molecule has 0 aliphatic heterocycles. The number of aliphatic hydroxyl groups is 1. The van der Waals surface area contributed by atoms with Crippen molar-refractivity contribution in [1.29, 1.82) is 0 Å². The van der Waals surface area contributed by atoms with Gasteiger partial charge in [0.2, 0.25) is 5.01 Å². The summed E-state index contributed by atoms with van der Waals surface area (Å²) in [6.45, 7) is 2.09. The molecule has 4 nitrogen and oxygen atoms in total. The third kappa shape index (κ3) is 4.62. The molecule has 0 aliphatic carbocycles. The van der Waals surface area contributed by atoms with E-state index in [1.807, 2.05) is 6.92 Å². The van der Waals surface area contributed by atoms with E-state index in [2.05, 4.69) is 4.98 Å². The number of halogens is 1. The predicted octanol–water partition coefficient (Wildman–Crippen LogP) is -1.16. The maximum absolute atomic E-state index is 12.2. The smallest absolute Gasteiger partial charge is 0.243 e. The summed E-state index contributed by atoms with van der Waals surface area (Å²) in [5, 5.41) is 9.90. The van der Waals surface area contributed by atoms with Crippen molar-refractivity contribution in [3.05, 3.63) is 45.4 Å². The number of Topliss-reactive ketones (excluding diaryl/α,β-unsaturated/α-hetero) is 1. The van der Waals surface area contributed by atoms with E-state index in [4.69, 9.17) is 9.84 Å². The minimum absolute atomic E-state index is 0. The van der Waals surface area contributed by atoms with Crippen molar-refractivity contribution in [2.75, 3.05) is 13.7 Å². The number of benzene rings is 1. The number of ether oxygens (including phenoxy) is 1. The Kier molecular flexibility index (Phi) is 7.01. The summed E-state index contributed by atoms with van der Waals surface area (Å²) in [5.74, 6) is 0.811. The average molecular weight is 372 g/mol. The first-order chi connectivity index (χ1) is 9.63. The van der Waals surface area contributed by atoms with Crippen molar-refractivity contribution in [3.63, 3.8) is 0 Å². The van der Waals surface area contributed by atoms with Crippen LogP contribution in [0.1, 0.15) is 25.9 Å². The van der Waals surface area contributed by atoms with Gasteiger partial charge in [-0.2, -0.15) is 0 Å². The zero-order valence-corrected chi connectivity index (χ0v) is 14.4. The number of hydrogen-bond donors (Lipinski definition) is 1. The SMILES string of the molecule is COc1ccc(C(=O)Cc2[nH+]c(C)c(CCO)s2)cc1.[Br-]. The molecule has 6 heteroatoms. The number of methoxy groups -OCH3 is 1. The molecule has 1 aromatic heterocycles. The summed E-state index contributed by atoms with van der Waals surface area (Å²) in [6, 6.07) is 7.12. The number of hydrogen-bond acceptors (Lipinski definition) is 4. The van der Waals surface area contributed by atoms with E-state index in [1.165, 1.54) is 0 Å². The molecule has 2 aromatic rings. The molecule has 0 atom stereocenters. The van der Waals surface area contributed by atoms with E-state index >= 15 is 0 Å². The Hall–Kier alpha value is -1.24. The van der Waals surface area contributed by atoms with Crippen molar-refractivity contribution < 1.29 is 36.6 Å². The number of thiazole rings is 1. The van der Waals surface area contributed by atoms with E-state index in [0.717, 1.165) is 21.3 Å². The molecule has 0 saturated carbocycles. The van der Waals surface area contributed by atoms with Gasteiger partial charge in [0, 0.05) is 25.5 Å². The zero-order valence-electron chi connectivity index (χ0n) is 12.0. The number of H-pyrrole nitrogens is 1. The van der Waals surface area contributed by atoms with Gasteiger partial charge in [0.15, 0.2) is 11.5 Å². The van der Waals surface area contributed by atoms with Crippen molar-refractivity contribution in [2.24, 2.45) is 0 Å². The van der Waals surface area contributed by atoms with E-state index in [9.17, 15) is 4.79 Å². The van der Waals surface area contributed by atoms with Gasteiger partial charge >= 0.3 is 0 Å². The molecule has 1 aromatic carbocycles. The molecule has 0 saturated heterocycles. The molecule has 0 aliphatic rings. The largest absolute Gasteiger partial charge is 1.00 e. The second kappa shape index (κ2) is 8.26. The van der Waals surface area contributed by atoms with Gasteiger partial charge in [-0.25, -0.2) is 4.98 Å². The number of carbonyl (C=O) groups excluding carboxylic acids is 1. The monoisotopic (exact) mass is 371 g/mol. The van der Waals surface area contributed by atoms with Crippen LogP contribution in [-0.2, 0) is 12.8 Å². The van der Waals surface area contributed by atoms with E-state index in [-0.39, 0.29) is 29.4 Å². The fourth-order valence-corrected chi connectivity index (χ4v) is 3.08. The van der Waals surface area contributed by atoms with Crippen LogP contribution in [0.2, 0.25) is 0 Å². The molecule has 1 heterocycles. The summed E-state index contributed by atoms with van der Waals surface area (Å²) in [4.78, 5) is 16.5. The van der Waals surface area contributed by atoms with Gasteiger partial charge in [0.1, 0.15) is 12.2 Å². The maximum Gasteiger partial charge on any atom is 0.243 e. The van der Waals surface area contributed by atoms with Crippen LogP contribution < -0.4 is 26.7 Å². The zero-order chi connectivity index (χ0) is 14.5. The second-order valence-corrected chi connectivity index (χ2v) is 5.69. The van der Waals surface area contributed by atoms with Crippen LogP contribution >= 0.6 is 11.3 Å². The molecular weight excluding hydrogens is 354 g/mol. The van der Waals surface area contributed by atoms with Crippen molar-refractivity contribution in [2.45, 2.75) is 19.8 Å². The summed E-state index contributed by atoms with van der Waals surface area (Å²) >= 11 is 1.55. The number of ketones is 1. The predicted molar refractivity (Wildman–Crippen MR) is 77.4 cm³/mol. The van der Waals surface area contributed by atoms with Gasteiger partial charge in [-0.3, -0.25) is 4.79 Å². The molecule has 0 amide bonds. The lowest BCUT2D eigenvalue weighted by Gasteiger charge is -2.00. The lowest BCUT2D eigenvalue weighted by atomic mass is 10.1. The van der Waals surface area contributed by atoms with Gasteiger partial charge in [0.25, 0.3) is 0 Å². The fourth-order valence-electron chi connectivity index (χ4n) is 1.97. The molecule has 0 radical (unpaired) electrons. The third-order valence-corrected chi connectivity index (χ3v) is 4.31. The van der Waals surface area contributed by atoms with Crippen LogP contribution in [0, 0.1) is 6.92 Å². The van der Waals surface area contributed by atoms with Gasteiger partial charge < -0.3 is 26.8 Å². The van der Waals surface area contributed by atoms with Gasteiger partial charge in [-0.15, -0.1) is 0 Å². The minimum atomic E-state index is 0. The van der Waals surface area contributed by atoms with E-state index in [1.54, 1.807) is 42.7 Å². The number of carbonyl (C=O) groups is 1. The molecule has 2 rings (SSSR count). The fraction of sp³-hybridized carbons (Fsp3) is 0.333. The highest BCUT2D eigenvalue weighted by Crippen LogP contribution is 2.18.